The number of nitrogens with zero attached hydrogens (tertiary/aromatic N) is 1. The first-order chi connectivity index (χ1) is 12.1. The Balaban J connectivity index is 1.70. The standard InChI is InChI=1S/C19H21N3O3/c20-18(23)16-6-1-2-7-17(16)25-13-14-4-3-5-15(12-14)19(24)22-10-8-21-9-11-22/h1-7,12,21H,8-11,13H2,(H2,20,23). The topological polar surface area (TPSA) is 84.7 Å². The van der Waals surface area contributed by atoms with Crippen LogP contribution in [0.5, 0.6) is 5.75 Å². The molecule has 2 aromatic rings. The first-order valence-electron chi connectivity index (χ1n) is 8.26. The fraction of sp³-hybridized carbons (Fsp3) is 0.263. The van der Waals surface area contributed by atoms with E-state index in [1.807, 2.05) is 29.2 Å². The molecule has 25 heavy (non-hydrogen) atoms. The predicted octanol–water partition coefficient (Wildman–Crippen LogP) is 1.41. The maximum atomic E-state index is 12.6. The molecular formula is C19H21N3O3. The number of nitrogens with two attached hydrogens (primary N) is 1. The highest BCUT2D eigenvalue weighted by molar-refractivity contribution is 5.95. The molecule has 3 N–H and O–H groups in total. The lowest BCUT2D eigenvalue weighted by Gasteiger charge is -2.27. The van der Waals surface area contributed by atoms with Gasteiger partial charge < -0.3 is 20.7 Å². The van der Waals surface area contributed by atoms with Gasteiger partial charge in [-0.2, -0.15) is 0 Å². The van der Waals surface area contributed by atoms with Gasteiger partial charge in [-0.05, 0) is 29.8 Å². The van der Waals surface area contributed by atoms with Crippen molar-refractivity contribution in [2.24, 2.45) is 5.73 Å². The van der Waals surface area contributed by atoms with Crippen molar-refractivity contribution in [2.75, 3.05) is 26.2 Å². The third kappa shape index (κ3) is 4.16. The van der Waals surface area contributed by atoms with Gasteiger partial charge in [-0.3, -0.25) is 9.59 Å². The van der Waals surface area contributed by atoms with E-state index in [1.54, 1.807) is 24.3 Å². The molecule has 0 radical (unpaired) electrons. The van der Waals surface area contributed by atoms with Crippen LogP contribution in [-0.2, 0) is 6.61 Å². The highest BCUT2D eigenvalue weighted by Gasteiger charge is 2.18. The summed E-state index contributed by atoms with van der Waals surface area (Å²) in [4.78, 5) is 25.9. The lowest BCUT2D eigenvalue weighted by molar-refractivity contribution is 0.0735. The molecule has 2 aromatic carbocycles. The zero-order valence-corrected chi connectivity index (χ0v) is 13.9. The average Bonchev–Trinajstić information content (AvgIpc) is 2.67. The third-order valence-corrected chi connectivity index (χ3v) is 4.12. The normalized spacial score (nSPS) is 14.2. The zero-order chi connectivity index (χ0) is 17.6. The van der Waals surface area contributed by atoms with Gasteiger partial charge in [0, 0.05) is 31.7 Å². The van der Waals surface area contributed by atoms with Crippen molar-refractivity contribution in [3.8, 4) is 5.75 Å². The molecule has 0 aromatic heterocycles. The van der Waals surface area contributed by atoms with E-state index >= 15 is 0 Å². The van der Waals surface area contributed by atoms with E-state index in [1.165, 1.54) is 0 Å². The van der Waals surface area contributed by atoms with Crippen molar-refractivity contribution >= 4 is 11.8 Å². The Kier molecular flexibility index (Phi) is 5.30. The number of para-hydroxylation sites is 1. The van der Waals surface area contributed by atoms with E-state index in [4.69, 9.17) is 10.5 Å². The minimum Gasteiger partial charge on any atom is -0.488 e. The molecule has 2 amide bonds. The van der Waals surface area contributed by atoms with Gasteiger partial charge in [-0.25, -0.2) is 0 Å². The number of hydrogen-bond donors (Lipinski definition) is 2. The second kappa shape index (κ2) is 7.81. The summed E-state index contributed by atoms with van der Waals surface area (Å²) in [6.45, 7) is 3.32. The number of carbonyl (C=O) groups excluding carboxylic acids is 2. The Morgan fingerprint density at radius 3 is 2.60 bits per heavy atom. The van der Waals surface area contributed by atoms with Crippen molar-refractivity contribution in [2.45, 2.75) is 6.61 Å². The molecule has 6 nitrogen and oxygen atoms in total. The summed E-state index contributed by atoms with van der Waals surface area (Å²) in [5.41, 5.74) is 7.20. The highest BCUT2D eigenvalue weighted by Crippen LogP contribution is 2.19. The maximum absolute atomic E-state index is 12.6. The molecule has 0 bridgehead atoms. The first-order valence-corrected chi connectivity index (χ1v) is 8.26. The lowest BCUT2D eigenvalue weighted by atomic mass is 10.1. The second-order valence-electron chi connectivity index (χ2n) is 5.89. The van der Waals surface area contributed by atoms with Gasteiger partial charge in [-0.15, -0.1) is 0 Å². The van der Waals surface area contributed by atoms with Crippen LogP contribution in [-0.4, -0.2) is 42.9 Å². The Bertz CT molecular complexity index is 770. The third-order valence-electron chi connectivity index (χ3n) is 4.12. The number of ether oxygens (including phenoxy) is 1. The Morgan fingerprint density at radius 1 is 1.08 bits per heavy atom. The van der Waals surface area contributed by atoms with Crippen LogP contribution >= 0.6 is 0 Å². The summed E-state index contributed by atoms with van der Waals surface area (Å²) in [5.74, 6) is -0.0621. The minimum atomic E-state index is -0.529. The van der Waals surface area contributed by atoms with Crippen LogP contribution in [0.25, 0.3) is 0 Å². The van der Waals surface area contributed by atoms with Gasteiger partial charge in [0.25, 0.3) is 11.8 Å². The van der Waals surface area contributed by atoms with E-state index < -0.39 is 5.91 Å². The molecule has 1 heterocycles. The van der Waals surface area contributed by atoms with Crippen LogP contribution in [0.2, 0.25) is 0 Å². The van der Waals surface area contributed by atoms with Crippen molar-refractivity contribution in [1.29, 1.82) is 0 Å². The fourth-order valence-corrected chi connectivity index (χ4v) is 2.80. The number of benzene rings is 2. The second-order valence-corrected chi connectivity index (χ2v) is 5.89. The molecule has 0 aliphatic carbocycles. The molecule has 130 valence electrons. The Hall–Kier alpha value is -2.86. The molecular weight excluding hydrogens is 318 g/mol. The van der Waals surface area contributed by atoms with Gasteiger partial charge in [-0.1, -0.05) is 24.3 Å². The molecule has 1 aliphatic heterocycles. The number of carbonyl (C=O) groups is 2. The van der Waals surface area contributed by atoms with E-state index in [-0.39, 0.29) is 12.5 Å². The van der Waals surface area contributed by atoms with Crippen LogP contribution in [0.4, 0.5) is 0 Å². The maximum Gasteiger partial charge on any atom is 0.253 e. The van der Waals surface area contributed by atoms with Crippen molar-refractivity contribution in [3.63, 3.8) is 0 Å². The first kappa shape index (κ1) is 17.0. The quantitative estimate of drug-likeness (QED) is 0.863. The average molecular weight is 339 g/mol. The zero-order valence-electron chi connectivity index (χ0n) is 13.9. The molecule has 0 spiro atoms. The van der Waals surface area contributed by atoms with Crippen LogP contribution in [0.3, 0.4) is 0 Å². The van der Waals surface area contributed by atoms with Gasteiger partial charge in [0.2, 0.25) is 0 Å². The largest absolute Gasteiger partial charge is 0.488 e. The molecule has 0 atom stereocenters. The van der Waals surface area contributed by atoms with Crippen LogP contribution in [0.15, 0.2) is 48.5 Å². The summed E-state index contributed by atoms with van der Waals surface area (Å²) in [6, 6.07) is 14.2. The van der Waals surface area contributed by atoms with Gasteiger partial charge >= 0.3 is 0 Å². The SMILES string of the molecule is NC(=O)c1ccccc1OCc1cccc(C(=O)N2CCNCC2)c1. The summed E-state index contributed by atoms with van der Waals surface area (Å²) in [5, 5.41) is 3.23. The number of rotatable bonds is 5. The predicted molar refractivity (Wildman–Crippen MR) is 94.5 cm³/mol. The summed E-state index contributed by atoms with van der Waals surface area (Å²) in [7, 11) is 0. The molecule has 1 aliphatic rings. The lowest BCUT2D eigenvalue weighted by Crippen LogP contribution is -2.46. The van der Waals surface area contributed by atoms with Crippen LogP contribution in [0, 0.1) is 0 Å². The van der Waals surface area contributed by atoms with Gasteiger partial charge in [0.15, 0.2) is 0 Å². The summed E-state index contributed by atoms with van der Waals surface area (Å²) < 4.78 is 5.73. The Labute approximate surface area is 146 Å². The monoisotopic (exact) mass is 339 g/mol. The van der Waals surface area contributed by atoms with Crippen LogP contribution in [0.1, 0.15) is 26.3 Å². The van der Waals surface area contributed by atoms with E-state index in [0.717, 1.165) is 18.7 Å². The van der Waals surface area contributed by atoms with Crippen molar-refractivity contribution in [1.82, 2.24) is 10.2 Å². The van der Waals surface area contributed by atoms with E-state index in [2.05, 4.69) is 5.32 Å². The number of hydrogen-bond acceptors (Lipinski definition) is 4. The molecule has 0 saturated carbocycles. The Morgan fingerprint density at radius 2 is 1.84 bits per heavy atom. The van der Waals surface area contributed by atoms with E-state index in [9.17, 15) is 9.59 Å². The molecule has 1 saturated heterocycles. The number of amides is 2. The van der Waals surface area contributed by atoms with Crippen molar-refractivity contribution < 1.29 is 14.3 Å². The van der Waals surface area contributed by atoms with E-state index in [0.29, 0.717) is 30.0 Å². The summed E-state index contributed by atoms with van der Waals surface area (Å²) in [6.07, 6.45) is 0. The molecule has 3 rings (SSSR count). The molecule has 6 heteroatoms. The molecule has 0 unspecified atom stereocenters. The number of primary amides is 1. The van der Waals surface area contributed by atoms with Crippen LogP contribution < -0.4 is 15.8 Å². The minimum absolute atomic E-state index is 0.0286. The smallest absolute Gasteiger partial charge is 0.253 e. The van der Waals surface area contributed by atoms with Gasteiger partial charge in [0.05, 0.1) is 5.56 Å². The number of piperazine rings is 1. The molecule has 1 fully saturated rings. The van der Waals surface area contributed by atoms with Gasteiger partial charge in [0.1, 0.15) is 12.4 Å². The highest BCUT2D eigenvalue weighted by atomic mass is 16.5. The van der Waals surface area contributed by atoms with Crippen molar-refractivity contribution in [3.05, 3.63) is 65.2 Å². The fourth-order valence-electron chi connectivity index (χ4n) is 2.80. The number of nitrogens with one attached hydrogen (secondary N) is 1. The summed E-state index contributed by atoms with van der Waals surface area (Å²) >= 11 is 0.